The highest BCUT2D eigenvalue weighted by molar-refractivity contribution is 6.32. The van der Waals surface area contributed by atoms with Gasteiger partial charge in [-0.3, -0.25) is 9.69 Å². The minimum atomic E-state index is -0.798. The molecule has 2 bridgehead atoms. The minimum Gasteiger partial charge on any atom is -0.494 e. The van der Waals surface area contributed by atoms with Gasteiger partial charge < -0.3 is 25.2 Å². The van der Waals surface area contributed by atoms with Crippen molar-refractivity contribution < 1.29 is 19.4 Å². The number of rotatable bonds is 7. The summed E-state index contributed by atoms with van der Waals surface area (Å²) in [5, 5.41) is 16.8. The second-order valence-electron chi connectivity index (χ2n) is 10.7. The Hall–Kier alpha value is -2.88. The number of nitrogens with zero attached hydrogens (tertiary/aromatic N) is 3. The van der Waals surface area contributed by atoms with Crippen LogP contribution in [0.15, 0.2) is 30.5 Å². The van der Waals surface area contributed by atoms with Crippen LogP contribution >= 0.6 is 11.6 Å². The van der Waals surface area contributed by atoms with Gasteiger partial charge in [0.2, 0.25) is 5.95 Å². The van der Waals surface area contributed by atoms with Crippen LogP contribution in [0.5, 0.6) is 5.75 Å². The molecule has 202 valence electrons. The zero-order valence-electron chi connectivity index (χ0n) is 21.5. The quantitative estimate of drug-likeness (QED) is 0.353. The van der Waals surface area contributed by atoms with E-state index in [1.165, 1.54) is 11.1 Å². The number of benzene rings is 1. The lowest BCUT2D eigenvalue weighted by atomic mass is 9.89. The summed E-state index contributed by atoms with van der Waals surface area (Å²) in [7, 11) is 1.70. The molecule has 1 unspecified atom stereocenters. The Balaban J connectivity index is 1.22. The van der Waals surface area contributed by atoms with Crippen molar-refractivity contribution in [3.63, 3.8) is 0 Å². The summed E-state index contributed by atoms with van der Waals surface area (Å²) in [6.45, 7) is 3.60. The van der Waals surface area contributed by atoms with Crippen LogP contribution in [0.1, 0.15) is 30.4 Å². The maximum absolute atomic E-state index is 11.9. The summed E-state index contributed by atoms with van der Waals surface area (Å²) in [5.41, 5.74) is 3.36. The second-order valence-corrected chi connectivity index (χ2v) is 11.1. The lowest BCUT2D eigenvalue weighted by Crippen LogP contribution is -2.44. The van der Waals surface area contributed by atoms with Crippen molar-refractivity contribution in [1.82, 2.24) is 14.9 Å². The molecule has 1 saturated carbocycles. The molecule has 1 aromatic carbocycles. The molecule has 5 atom stereocenters. The number of allylic oxidation sites excluding steroid dienone is 1. The maximum atomic E-state index is 11.9. The van der Waals surface area contributed by atoms with Gasteiger partial charge in [0.15, 0.2) is 5.82 Å². The van der Waals surface area contributed by atoms with Gasteiger partial charge in [-0.25, -0.2) is 4.98 Å². The predicted octanol–water partition coefficient (Wildman–Crippen LogP) is 4.15. The van der Waals surface area contributed by atoms with Crippen LogP contribution in [-0.4, -0.2) is 71.4 Å². The molecule has 1 aliphatic heterocycles. The molecule has 1 saturated heterocycles. The number of hydrogen-bond acceptors (Lipinski definition) is 8. The Morgan fingerprint density at radius 3 is 2.84 bits per heavy atom. The molecule has 3 N–H and O–H groups in total. The molecule has 3 aliphatic carbocycles. The molecule has 0 radical (unpaired) electrons. The third kappa shape index (κ3) is 4.83. The summed E-state index contributed by atoms with van der Waals surface area (Å²) in [6, 6.07) is 4.48. The molecule has 9 nitrogen and oxygen atoms in total. The SMILES string of the molecule is COc1c(Nc2ncc(Cl)c(N[C@H]3[C@@H](C(=O)O)[C@@H]4C=C[C@H]3C4)n2)ccc2c1CCCC(N1CCOCC1)C2. The Labute approximate surface area is 227 Å². The fourth-order valence-corrected chi connectivity index (χ4v) is 6.90. The highest BCUT2D eigenvalue weighted by Gasteiger charge is 2.48. The lowest BCUT2D eigenvalue weighted by Gasteiger charge is -2.34. The summed E-state index contributed by atoms with van der Waals surface area (Å²) in [6.07, 6.45) is 10.7. The first kappa shape index (κ1) is 25.4. The van der Waals surface area contributed by atoms with Crippen LogP contribution in [0.3, 0.4) is 0 Å². The normalized spacial score (nSPS) is 28.5. The van der Waals surface area contributed by atoms with E-state index in [1.807, 2.05) is 12.1 Å². The van der Waals surface area contributed by atoms with E-state index in [4.69, 9.17) is 21.1 Å². The number of anilines is 3. The fraction of sp³-hybridized carbons (Fsp3) is 0.536. The number of carboxylic acids is 1. The number of carboxylic acid groups (broad SMARTS) is 1. The first-order valence-corrected chi connectivity index (χ1v) is 13.9. The topological polar surface area (TPSA) is 109 Å². The van der Waals surface area contributed by atoms with Gasteiger partial charge in [-0.05, 0) is 61.1 Å². The maximum Gasteiger partial charge on any atom is 0.309 e. The number of hydrogen-bond donors (Lipinski definition) is 3. The van der Waals surface area contributed by atoms with Gasteiger partial charge >= 0.3 is 5.97 Å². The molecular formula is C28H34ClN5O4. The highest BCUT2D eigenvalue weighted by atomic mass is 35.5. The van der Waals surface area contributed by atoms with E-state index in [2.05, 4.69) is 37.6 Å². The molecule has 2 fully saturated rings. The second kappa shape index (κ2) is 10.7. The number of aliphatic carboxylic acids is 1. The number of carbonyl (C=O) groups is 1. The third-order valence-electron chi connectivity index (χ3n) is 8.58. The van der Waals surface area contributed by atoms with E-state index in [9.17, 15) is 9.90 Å². The summed E-state index contributed by atoms with van der Waals surface area (Å²) in [5.74, 6) is 0.521. The van der Waals surface area contributed by atoms with Gasteiger partial charge in [-0.2, -0.15) is 4.98 Å². The van der Waals surface area contributed by atoms with Gasteiger partial charge in [0.1, 0.15) is 10.8 Å². The Kier molecular flexibility index (Phi) is 7.16. The Bertz CT molecular complexity index is 1230. The van der Waals surface area contributed by atoms with Crippen molar-refractivity contribution in [1.29, 1.82) is 0 Å². The highest BCUT2D eigenvalue weighted by Crippen LogP contribution is 2.45. The monoisotopic (exact) mass is 539 g/mol. The van der Waals surface area contributed by atoms with Crippen molar-refractivity contribution in [2.75, 3.05) is 44.0 Å². The lowest BCUT2D eigenvalue weighted by molar-refractivity contribution is -0.142. The molecule has 10 heteroatoms. The van der Waals surface area contributed by atoms with E-state index in [0.29, 0.717) is 22.8 Å². The van der Waals surface area contributed by atoms with E-state index >= 15 is 0 Å². The van der Waals surface area contributed by atoms with Crippen molar-refractivity contribution in [2.24, 2.45) is 17.8 Å². The van der Waals surface area contributed by atoms with Crippen molar-refractivity contribution >= 4 is 35.0 Å². The number of halogens is 1. The van der Waals surface area contributed by atoms with Crippen molar-refractivity contribution in [3.05, 3.63) is 46.6 Å². The third-order valence-corrected chi connectivity index (χ3v) is 8.86. The summed E-state index contributed by atoms with van der Waals surface area (Å²) in [4.78, 5) is 23.5. The molecule has 2 heterocycles. The number of fused-ring (bicyclic) bond motifs is 3. The van der Waals surface area contributed by atoms with Crippen LogP contribution in [0.2, 0.25) is 5.02 Å². The van der Waals surface area contributed by atoms with Crippen LogP contribution < -0.4 is 15.4 Å². The van der Waals surface area contributed by atoms with Crippen molar-refractivity contribution in [3.8, 4) is 5.75 Å². The number of methoxy groups -OCH3 is 1. The number of aromatic nitrogens is 2. The Morgan fingerprint density at radius 2 is 2.05 bits per heavy atom. The predicted molar refractivity (Wildman–Crippen MR) is 145 cm³/mol. The summed E-state index contributed by atoms with van der Waals surface area (Å²) >= 11 is 6.44. The molecule has 0 amide bonds. The number of morpholine rings is 1. The molecule has 4 aliphatic rings. The van der Waals surface area contributed by atoms with Gasteiger partial charge in [-0.1, -0.05) is 29.8 Å². The van der Waals surface area contributed by atoms with Gasteiger partial charge in [-0.15, -0.1) is 0 Å². The number of nitrogens with one attached hydrogen (secondary N) is 2. The fourth-order valence-electron chi connectivity index (χ4n) is 6.75. The summed E-state index contributed by atoms with van der Waals surface area (Å²) < 4.78 is 11.5. The minimum absolute atomic E-state index is 0.0416. The first-order chi connectivity index (χ1) is 18.5. The molecular weight excluding hydrogens is 506 g/mol. The molecule has 0 spiro atoms. The van der Waals surface area contributed by atoms with Crippen LogP contribution in [0, 0.1) is 17.8 Å². The average molecular weight is 540 g/mol. The van der Waals surface area contributed by atoms with E-state index in [0.717, 1.165) is 69.8 Å². The van der Waals surface area contributed by atoms with E-state index in [-0.39, 0.29) is 17.9 Å². The van der Waals surface area contributed by atoms with Gasteiger partial charge in [0, 0.05) is 25.2 Å². The molecule has 2 aromatic rings. The van der Waals surface area contributed by atoms with E-state index in [1.54, 1.807) is 13.3 Å². The molecule has 38 heavy (non-hydrogen) atoms. The van der Waals surface area contributed by atoms with E-state index < -0.39 is 11.9 Å². The van der Waals surface area contributed by atoms with Crippen LogP contribution in [0.25, 0.3) is 0 Å². The standard InChI is InChI=1S/C28H34ClN5O4/c1-37-25-20-4-2-3-19(34-9-11-38-12-10-34)14-16(20)7-8-22(25)31-28-30-15-21(29)26(33-28)32-24-18-6-5-17(13-18)23(24)27(35)36/h5-8,15,17-19,23-24H,2-4,9-14H2,1H3,(H,35,36)(H2,30,31,32,33)/t17-,18+,19?,23+,24-/m1/s1. The Morgan fingerprint density at radius 1 is 1.24 bits per heavy atom. The smallest absolute Gasteiger partial charge is 0.309 e. The molecule has 6 rings (SSSR count). The first-order valence-electron chi connectivity index (χ1n) is 13.5. The largest absolute Gasteiger partial charge is 0.494 e. The van der Waals surface area contributed by atoms with Crippen LogP contribution in [0.4, 0.5) is 17.5 Å². The average Bonchev–Trinajstić information content (AvgIpc) is 3.46. The zero-order valence-corrected chi connectivity index (χ0v) is 22.3. The number of ether oxygens (including phenoxy) is 2. The van der Waals surface area contributed by atoms with Gasteiger partial charge in [0.25, 0.3) is 0 Å². The van der Waals surface area contributed by atoms with Gasteiger partial charge in [0.05, 0.1) is 38.1 Å². The van der Waals surface area contributed by atoms with Crippen LogP contribution in [-0.2, 0) is 22.4 Å². The zero-order chi connectivity index (χ0) is 26.2. The molecule has 1 aromatic heterocycles. The van der Waals surface area contributed by atoms with Crippen molar-refractivity contribution in [2.45, 2.75) is 44.2 Å².